The van der Waals surface area contributed by atoms with Crippen molar-refractivity contribution in [3.05, 3.63) is 159 Å². The van der Waals surface area contributed by atoms with Crippen LogP contribution in [0.5, 0.6) is 5.75 Å². The van der Waals surface area contributed by atoms with E-state index in [1.807, 2.05) is 73.1 Å². The maximum Gasteiger partial charge on any atom is 0.336 e. The molecule has 0 radical (unpaired) electrons. The van der Waals surface area contributed by atoms with Crippen LogP contribution in [0, 0.1) is 0 Å². The number of rotatable bonds is 18. The van der Waals surface area contributed by atoms with Gasteiger partial charge in [-0.1, -0.05) is 50.3 Å². The lowest BCUT2D eigenvalue weighted by Crippen LogP contribution is -2.28. The number of hydrogen-bond donors (Lipinski definition) is 4. The molecule has 0 unspecified atom stereocenters. The van der Waals surface area contributed by atoms with Gasteiger partial charge in [-0.25, -0.2) is 18.0 Å². The van der Waals surface area contributed by atoms with E-state index in [9.17, 15) is 52.7 Å². The first-order chi connectivity index (χ1) is 34.7. The molecule has 3 heterocycles. The zero-order valence-electron chi connectivity index (χ0n) is 40.6. The summed E-state index contributed by atoms with van der Waals surface area (Å²) in [5, 5.41) is 44.9. The van der Waals surface area contributed by atoms with Gasteiger partial charge in [-0.3, -0.25) is 9.59 Å². The van der Waals surface area contributed by atoms with Crippen molar-refractivity contribution in [2.75, 3.05) is 18.0 Å². The SMILES string of the molecule is CCN1/C(=C/C=C/C=C/C2=[N+](CCCCCC(=O)NCc3c(O)ccc4c(-c5ccc(C(=O)O)cc5C(=O)O)c5ccc(=O)cc-5oc34)c3c(cccc3S(=O)(=O)[O-])C2(C)C)C(C)(C)c2cc(SO[O-])ccc21. The van der Waals surface area contributed by atoms with Crippen molar-refractivity contribution in [3.8, 4) is 28.2 Å². The number of unbranched alkanes of at least 4 members (excludes halogenated alkanes) is 2. The van der Waals surface area contributed by atoms with Crippen LogP contribution in [0.4, 0.5) is 11.4 Å². The van der Waals surface area contributed by atoms with Crippen molar-refractivity contribution in [1.82, 2.24) is 5.32 Å². The number of carbonyl (C=O) groups is 3. The molecule has 0 saturated carbocycles. The number of phenols is 1. The van der Waals surface area contributed by atoms with E-state index >= 15 is 0 Å². The fourth-order valence-electron chi connectivity index (χ4n) is 10.1. The zero-order valence-corrected chi connectivity index (χ0v) is 42.2. The average Bonchev–Trinajstić information content (AvgIpc) is 3.69. The van der Waals surface area contributed by atoms with Crippen LogP contribution in [0.15, 0.2) is 140 Å². The summed E-state index contributed by atoms with van der Waals surface area (Å²) >= 11 is 0.771. The number of para-hydroxylation sites is 1. The molecule has 3 aliphatic heterocycles. The molecule has 8 rings (SSSR count). The van der Waals surface area contributed by atoms with Gasteiger partial charge in [0.15, 0.2) is 11.1 Å². The molecule has 73 heavy (non-hydrogen) atoms. The van der Waals surface area contributed by atoms with E-state index in [0.29, 0.717) is 58.5 Å². The number of hydrogen-bond acceptors (Lipinski definition) is 13. The highest BCUT2D eigenvalue weighted by Gasteiger charge is 2.46. The van der Waals surface area contributed by atoms with Crippen LogP contribution in [-0.2, 0) is 36.6 Å². The minimum atomic E-state index is -4.87. The third kappa shape index (κ3) is 10.1. The second-order valence-corrected chi connectivity index (χ2v) is 20.9. The number of likely N-dealkylation sites (N-methyl/N-ethyl adjacent to an activating group) is 1. The van der Waals surface area contributed by atoms with Gasteiger partial charge >= 0.3 is 11.9 Å². The normalized spacial score (nSPS) is 15.5. The van der Waals surface area contributed by atoms with Crippen molar-refractivity contribution >= 4 is 68.1 Å². The lowest BCUT2D eigenvalue weighted by Gasteiger charge is -2.25. The van der Waals surface area contributed by atoms with E-state index in [4.69, 9.17) is 4.42 Å². The number of amides is 1. The van der Waals surface area contributed by atoms with E-state index in [1.54, 1.807) is 6.07 Å². The van der Waals surface area contributed by atoms with Crippen molar-refractivity contribution in [1.29, 1.82) is 0 Å². The van der Waals surface area contributed by atoms with Gasteiger partial charge in [0.05, 0.1) is 28.7 Å². The Labute approximate surface area is 425 Å². The van der Waals surface area contributed by atoms with E-state index in [-0.39, 0.29) is 68.5 Å². The number of allylic oxidation sites excluding steroid dienone is 6. The Morgan fingerprint density at radius 3 is 2.36 bits per heavy atom. The molecule has 4 aromatic rings. The Bertz CT molecular complexity index is 3500. The monoisotopic (exact) mass is 1030 g/mol. The van der Waals surface area contributed by atoms with Crippen LogP contribution in [0.2, 0.25) is 0 Å². The molecule has 0 atom stereocenters. The number of anilines is 1. The number of nitrogens with zero attached hydrogens (tertiary/aromatic N) is 2. The summed E-state index contributed by atoms with van der Waals surface area (Å²) in [5.41, 5.74) is 4.00. The largest absolute Gasteiger partial charge is 0.744 e. The predicted molar refractivity (Wildman–Crippen MR) is 273 cm³/mol. The molecule has 4 aliphatic rings. The van der Waals surface area contributed by atoms with Crippen LogP contribution >= 0.6 is 12.0 Å². The Kier molecular flexibility index (Phi) is 14.7. The first-order valence-electron chi connectivity index (χ1n) is 23.5. The summed E-state index contributed by atoms with van der Waals surface area (Å²) < 4.78 is 50.2. The maximum atomic E-state index is 13.4. The van der Waals surface area contributed by atoms with Crippen LogP contribution in [0.1, 0.15) is 97.7 Å². The maximum absolute atomic E-state index is 13.4. The number of phenolic OH excluding ortho intramolecular Hbond substituents is 1. The lowest BCUT2D eigenvalue weighted by molar-refractivity contribution is -0.630. The van der Waals surface area contributed by atoms with Crippen LogP contribution < -0.4 is 20.9 Å². The van der Waals surface area contributed by atoms with Gasteiger partial charge in [-0.2, -0.15) is 4.58 Å². The lowest BCUT2D eigenvalue weighted by atomic mass is 9.81. The van der Waals surface area contributed by atoms with Gasteiger partial charge in [0, 0.05) is 87.3 Å². The van der Waals surface area contributed by atoms with E-state index in [0.717, 1.165) is 47.3 Å². The number of fused-ring (bicyclic) bond motifs is 4. The van der Waals surface area contributed by atoms with Crippen LogP contribution in [-0.4, -0.2) is 69.5 Å². The molecular weight excluding hydrogens is 975 g/mol. The standard InChI is InChI=1S/C55H53N3O13S2/c1-6-57-42-25-21-34(72-71-66)30-41(42)55(4,5)46(57)16-9-7-10-17-47-54(2,3)40-14-13-15-45(73(67,68)69)50(40)58(47)27-12-8-11-18-48(61)56-31-39-43(60)26-24-37-49(36-23-20-33(59)29-44(36)70-51(37)39)35-22-19-32(52(62)63)28-38(35)53(64)65/h7,9-10,13-17,19-26,28-30H,6,8,11-12,18,27,31H2,1-5H3,(H5-,56,60,61,62,63,64,65,66,67,68,69)/p-1. The summed E-state index contributed by atoms with van der Waals surface area (Å²) in [4.78, 5) is 52.8. The fourth-order valence-corrected chi connectivity index (χ4v) is 11.2. The summed E-state index contributed by atoms with van der Waals surface area (Å²) in [6, 6.07) is 21.1. The van der Waals surface area contributed by atoms with Crippen LogP contribution in [0.3, 0.4) is 0 Å². The molecule has 378 valence electrons. The molecule has 0 spiro atoms. The Morgan fingerprint density at radius 1 is 0.877 bits per heavy atom. The first kappa shape index (κ1) is 52.0. The molecule has 0 aromatic heterocycles. The molecule has 1 aliphatic carbocycles. The molecule has 1 amide bonds. The van der Waals surface area contributed by atoms with E-state index in [1.165, 1.54) is 48.5 Å². The topological polar surface area (TPSA) is 250 Å². The molecular formula is C55H52N3O13S2-. The average molecular weight is 1030 g/mol. The Hall–Kier alpha value is -7.35. The number of benzene rings is 5. The number of aromatic carboxylic acids is 2. The predicted octanol–water partition coefficient (Wildman–Crippen LogP) is 8.94. The second kappa shape index (κ2) is 20.6. The second-order valence-electron chi connectivity index (χ2n) is 18.8. The number of nitrogens with one attached hydrogen (secondary N) is 1. The molecule has 16 nitrogen and oxygen atoms in total. The van der Waals surface area contributed by atoms with Gasteiger partial charge in [-0.15, -0.1) is 0 Å². The third-order valence-electron chi connectivity index (χ3n) is 13.6. The summed E-state index contributed by atoms with van der Waals surface area (Å²) in [6.45, 7) is 11.1. The van der Waals surface area contributed by atoms with Crippen molar-refractivity contribution in [3.63, 3.8) is 0 Å². The Balaban J connectivity index is 0.997. The minimum absolute atomic E-state index is 0.0728. The van der Waals surface area contributed by atoms with Gasteiger partial charge in [-0.05, 0) is 111 Å². The van der Waals surface area contributed by atoms with E-state index < -0.39 is 32.9 Å². The Morgan fingerprint density at radius 2 is 1.64 bits per heavy atom. The summed E-state index contributed by atoms with van der Waals surface area (Å²) in [7, 11) is -4.87. The number of aromatic hydroxyl groups is 1. The zero-order chi connectivity index (χ0) is 52.6. The van der Waals surface area contributed by atoms with Gasteiger partial charge < -0.3 is 44.1 Å². The highest BCUT2D eigenvalue weighted by molar-refractivity contribution is 7.94. The van der Waals surface area contributed by atoms with Gasteiger partial charge in [0.1, 0.15) is 38.7 Å². The molecule has 0 saturated heterocycles. The third-order valence-corrected chi connectivity index (χ3v) is 15.0. The van der Waals surface area contributed by atoms with Crippen LogP contribution in [0.25, 0.3) is 33.4 Å². The van der Waals surface area contributed by atoms with Crippen molar-refractivity contribution in [2.45, 2.75) is 87.5 Å². The highest BCUT2D eigenvalue weighted by Crippen LogP contribution is 2.49. The minimum Gasteiger partial charge on any atom is -0.744 e. The smallest absolute Gasteiger partial charge is 0.336 e. The number of carboxylic acids is 2. The highest BCUT2D eigenvalue weighted by atomic mass is 32.2. The quantitative estimate of drug-likeness (QED) is 0.00917. The number of carbonyl (C=O) groups excluding carboxylic acids is 1. The van der Waals surface area contributed by atoms with E-state index in [2.05, 4.69) is 35.3 Å². The fraction of sp³-hybridized carbons (Fsp3) is 0.255. The molecule has 0 bridgehead atoms. The van der Waals surface area contributed by atoms with Crippen molar-refractivity contribution in [2.24, 2.45) is 0 Å². The molecule has 18 heteroatoms. The first-order valence-corrected chi connectivity index (χ1v) is 25.6. The summed E-state index contributed by atoms with van der Waals surface area (Å²) in [6.07, 6.45) is 11.3. The summed E-state index contributed by atoms with van der Waals surface area (Å²) in [5.74, 6) is -3.23. The molecule has 0 fully saturated rings. The molecule has 4 aromatic carbocycles. The number of carboxylic acid groups (broad SMARTS) is 2. The van der Waals surface area contributed by atoms with Gasteiger partial charge in [0.2, 0.25) is 11.6 Å². The van der Waals surface area contributed by atoms with Gasteiger partial charge in [0.25, 0.3) is 0 Å². The molecule has 4 N–H and O–H groups in total. The van der Waals surface area contributed by atoms with Crippen molar-refractivity contribution < 1.29 is 61.3 Å².